The van der Waals surface area contributed by atoms with Crippen LogP contribution < -0.4 is 4.74 Å². The first-order valence-electron chi connectivity index (χ1n) is 6.58. The quantitative estimate of drug-likeness (QED) is 0.870. The molecule has 0 radical (unpaired) electrons. The number of hydrogen-bond acceptors (Lipinski definition) is 4. The van der Waals surface area contributed by atoms with Gasteiger partial charge < -0.3 is 9.64 Å². The lowest BCUT2D eigenvalue weighted by Crippen LogP contribution is -2.38. The predicted molar refractivity (Wildman–Crippen MR) is 77.7 cm³/mol. The Morgan fingerprint density at radius 3 is 3.15 bits per heavy atom. The van der Waals surface area contributed by atoms with E-state index in [0.29, 0.717) is 13.2 Å². The fourth-order valence-electron chi connectivity index (χ4n) is 2.41. The highest BCUT2D eigenvalue weighted by Crippen LogP contribution is 2.27. The number of para-hydroxylation sites is 1. The van der Waals surface area contributed by atoms with Crippen molar-refractivity contribution in [2.24, 2.45) is 5.92 Å². The Morgan fingerprint density at radius 2 is 2.35 bits per heavy atom. The van der Waals surface area contributed by atoms with Crippen LogP contribution in [0.25, 0.3) is 0 Å². The van der Waals surface area contributed by atoms with Crippen LogP contribution in [0.1, 0.15) is 10.6 Å². The van der Waals surface area contributed by atoms with Gasteiger partial charge in [0.15, 0.2) is 0 Å². The van der Waals surface area contributed by atoms with Gasteiger partial charge in [0.2, 0.25) is 5.91 Å². The Labute approximate surface area is 122 Å². The zero-order valence-corrected chi connectivity index (χ0v) is 12.1. The molecule has 1 unspecified atom stereocenters. The third-order valence-electron chi connectivity index (χ3n) is 3.46. The van der Waals surface area contributed by atoms with Gasteiger partial charge in [0.25, 0.3) is 0 Å². The number of ether oxygens (including phenoxy) is 1. The van der Waals surface area contributed by atoms with Crippen molar-refractivity contribution in [2.45, 2.75) is 13.0 Å². The summed E-state index contributed by atoms with van der Waals surface area (Å²) in [4.78, 5) is 18.4. The Bertz CT molecular complexity index is 598. The fraction of sp³-hybridized carbons (Fsp3) is 0.333. The Morgan fingerprint density at radius 1 is 1.50 bits per heavy atom. The molecular formula is C15H16N2O2S. The van der Waals surface area contributed by atoms with E-state index in [1.165, 1.54) is 0 Å². The molecule has 0 saturated carbocycles. The number of hydrogen-bond donors (Lipinski definition) is 0. The molecule has 1 aromatic heterocycles. The third-order valence-corrected chi connectivity index (χ3v) is 4.22. The van der Waals surface area contributed by atoms with Crippen LogP contribution in [-0.2, 0) is 17.8 Å². The maximum atomic E-state index is 12.5. The second kappa shape index (κ2) is 5.63. The number of thiazole rings is 1. The average molecular weight is 288 g/mol. The van der Waals surface area contributed by atoms with Crippen LogP contribution in [0.3, 0.4) is 0 Å². The van der Waals surface area contributed by atoms with Crippen molar-refractivity contribution in [3.05, 3.63) is 46.4 Å². The standard InChI is InChI=1S/C15H16N2O2S/c1-17(9-14-16-6-7-20-14)15(18)12-8-11-4-2-3-5-13(11)19-10-12/h2-7,12H,8-10H2,1H3. The number of carbonyl (C=O) groups is 1. The number of amides is 1. The maximum Gasteiger partial charge on any atom is 0.229 e. The van der Waals surface area contributed by atoms with E-state index in [2.05, 4.69) is 4.98 Å². The summed E-state index contributed by atoms with van der Waals surface area (Å²) >= 11 is 1.57. The van der Waals surface area contributed by atoms with Crippen molar-refractivity contribution >= 4 is 17.2 Å². The van der Waals surface area contributed by atoms with E-state index < -0.39 is 0 Å². The largest absolute Gasteiger partial charge is 0.492 e. The van der Waals surface area contributed by atoms with Crippen LogP contribution in [0.2, 0.25) is 0 Å². The van der Waals surface area contributed by atoms with E-state index in [9.17, 15) is 4.79 Å². The zero-order valence-electron chi connectivity index (χ0n) is 11.3. The maximum absolute atomic E-state index is 12.5. The van der Waals surface area contributed by atoms with Gasteiger partial charge in [0, 0.05) is 18.6 Å². The molecule has 1 aliphatic heterocycles. The van der Waals surface area contributed by atoms with Gasteiger partial charge in [-0.1, -0.05) is 18.2 Å². The second-order valence-electron chi connectivity index (χ2n) is 4.94. The summed E-state index contributed by atoms with van der Waals surface area (Å²) in [6.07, 6.45) is 2.51. The molecule has 5 heteroatoms. The van der Waals surface area contributed by atoms with E-state index >= 15 is 0 Å². The molecule has 104 valence electrons. The van der Waals surface area contributed by atoms with E-state index in [0.717, 1.165) is 22.7 Å². The molecule has 1 aromatic carbocycles. The molecule has 0 aliphatic carbocycles. The monoisotopic (exact) mass is 288 g/mol. The van der Waals surface area contributed by atoms with Crippen LogP contribution in [0, 0.1) is 5.92 Å². The van der Waals surface area contributed by atoms with Gasteiger partial charge in [-0.25, -0.2) is 4.98 Å². The summed E-state index contributed by atoms with van der Waals surface area (Å²) in [6, 6.07) is 7.91. The first-order chi connectivity index (χ1) is 9.74. The van der Waals surface area contributed by atoms with Crippen molar-refractivity contribution in [2.75, 3.05) is 13.7 Å². The molecule has 2 aromatic rings. The van der Waals surface area contributed by atoms with Crippen molar-refractivity contribution in [1.82, 2.24) is 9.88 Å². The Balaban J connectivity index is 1.66. The topological polar surface area (TPSA) is 42.4 Å². The smallest absolute Gasteiger partial charge is 0.229 e. The highest BCUT2D eigenvalue weighted by molar-refractivity contribution is 7.09. The van der Waals surface area contributed by atoms with E-state index in [-0.39, 0.29) is 11.8 Å². The molecule has 20 heavy (non-hydrogen) atoms. The zero-order chi connectivity index (χ0) is 13.9. The molecule has 1 amide bonds. The summed E-state index contributed by atoms with van der Waals surface area (Å²) in [5.74, 6) is 0.920. The highest BCUT2D eigenvalue weighted by Gasteiger charge is 2.28. The first-order valence-corrected chi connectivity index (χ1v) is 7.46. The molecule has 0 fully saturated rings. The van der Waals surface area contributed by atoms with Crippen molar-refractivity contribution in [1.29, 1.82) is 0 Å². The Hall–Kier alpha value is -1.88. The molecule has 0 saturated heterocycles. The van der Waals surface area contributed by atoms with Crippen LogP contribution in [0.15, 0.2) is 35.8 Å². The van der Waals surface area contributed by atoms with E-state index in [1.807, 2.05) is 36.7 Å². The number of aromatic nitrogens is 1. The molecule has 0 bridgehead atoms. The summed E-state index contributed by atoms with van der Waals surface area (Å²) < 4.78 is 5.68. The number of benzene rings is 1. The lowest BCUT2D eigenvalue weighted by Gasteiger charge is -2.27. The summed E-state index contributed by atoms with van der Waals surface area (Å²) in [5, 5.41) is 2.88. The van der Waals surface area contributed by atoms with Gasteiger partial charge in [-0.2, -0.15) is 0 Å². The van der Waals surface area contributed by atoms with Crippen molar-refractivity contribution < 1.29 is 9.53 Å². The highest BCUT2D eigenvalue weighted by atomic mass is 32.1. The number of fused-ring (bicyclic) bond motifs is 1. The molecule has 2 heterocycles. The van der Waals surface area contributed by atoms with Crippen LogP contribution in [0.4, 0.5) is 0 Å². The first kappa shape index (κ1) is 13.1. The number of carbonyl (C=O) groups excluding carboxylic acids is 1. The van der Waals surface area contributed by atoms with Gasteiger partial charge in [-0.05, 0) is 18.1 Å². The normalized spacial score (nSPS) is 17.1. The molecule has 4 nitrogen and oxygen atoms in total. The predicted octanol–water partition coefficient (Wildman–Crippen LogP) is 2.35. The second-order valence-corrected chi connectivity index (χ2v) is 5.92. The summed E-state index contributed by atoms with van der Waals surface area (Å²) in [6.45, 7) is 1.02. The van der Waals surface area contributed by atoms with Gasteiger partial charge in [-0.3, -0.25) is 4.79 Å². The minimum atomic E-state index is -0.102. The molecule has 0 N–H and O–H groups in total. The van der Waals surface area contributed by atoms with Crippen LogP contribution in [0.5, 0.6) is 5.75 Å². The molecule has 3 rings (SSSR count). The van der Waals surface area contributed by atoms with Crippen molar-refractivity contribution in [3.8, 4) is 5.75 Å². The van der Waals surface area contributed by atoms with E-state index in [4.69, 9.17) is 4.74 Å². The lowest BCUT2D eigenvalue weighted by atomic mass is 9.95. The van der Waals surface area contributed by atoms with Gasteiger partial charge in [-0.15, -0.1) is 11.3 Å². The molecular weight excluding hydrogens is 272 g/mol. The number of rotatable bonds is 3. The molecule has 0 spiro atoms. The van der Waals surface area contributed by atoms with Gasteiger partial charge in [0.1, 0.15) is 17.4 Å². The minimum absolute atomic E-state index is 0.102. The lowest BCUT2D eigenvalue weighted by molar-refractivity contribution is -0.136. The number of nitrogens with zero attached hydrogens (tertiary/aromatic N) is 2. The van der Waals surface area contributed by atoms with Crippen LogP contribution >= 0.6 is 11.3 Å². The van der Waals surface area contributed by atoms with Crippen LogP contribution in [-0.4, -0.2) is 29.4 Å². The van der Waals surface area contributed by atoms with Gasteiger partial charge >= 0.3 is 0 Å². The van der Waals surface area contributed by atoms with E-state index in [1.54, 1.807) is 22.4 Å². The summed E-state index contributed by atoms with van der Waals surface area (Å²) in [5.41, 5.74) is 1.11. The Kier molecular flexibility index (Phi) is 3.69. The molecule has 1 atom stereocenters. The average Bonchev–Trinajstić information content (AvgIpc) is 2.99. The minimum Gasteiger partial charge on any atom is -0.492 e. The van der Waals surface area contributed by atoms with Gasteiger partial charge in [0.05, 0.1) is 12.5 Å². The van der Waals surface area contributed by atoms with Crippen molar-refractivity contribution in [3.63, 3.8) is 0 Å². The SMILES string of the molecule is CN(Cc1nccs1)C(=O)C1COc2ccccc2C1. The summed E-state index contributed by atoms with van der Waals surface area (Å²) in [7, 11) is 1.82. The third kappa shape index (κ3) is 2.67. The molecule has 1 aliphatic rings. The fourth-order valence-corrected chi connectivity index (χ4v) is 3.08.